The Morgan fingerprint density at radius 1 is 1.26 bits per heavy atom. The van der Waals surface area contributed by atoms with E-state index in [0.717, 1.165) is 29.4 Å². The highest BCUT2D eigenvalue weighted by Gasteiger charge is 2.18. The van der Waals surface area contributed by atoms with Gasteiger partial charge in [-0.25, -0.2) is 13.4 Å². The normalized spacial score (nSPS) is 16.6. The van der Waals surface area contributed by atoms with Crippen molar-refractivity contribution >= 4 is 32.9 Å². The Kier molecular flexibility index (Phi) is 5.41. The molecular formula is C16H20N2O2S3. The molecule has 0 atom stereocenters. The summed E-state index contributed by atoms with van der Waals surface area (Å²) in [4.78, 5) is 6.21. The average molecular weight is 369 g/mol. The number of piperidine rings is 1. The Labute approximate surface area is 145 Å². The Balaban J connectivity index is 1.59. The SMILES string of the molecule is CS(=O)(=O)c1ccc(SCc2csc(C3CCNCC3)n2)cc1. The van der Waals surface area contributed by atoms with E-state index >= 15 is 0 Å². The maximum atomic E-state index is 11.5. The van der Waals surface area contributed by atoms with Gasteiger partial charge in [-0.3, -0.25) is 0 Å². The second kappa shape index (κ2) is 7.34. The molecule has 0 radical (unpaired) electrons. The molecule has 1 fully saturated rings. The van der Waals surface area contributed by atoms with Crippen molar-refractivity contribution < 1.29 is 8.42 Å². The highest BCUT2D eigenvalue weighted by molar-refractivity contribution is 7.98. The summed E-state index contributed by atoms with van der Waals surface area (Å²) in [5.74, 6) is 1.42. The molecule has 2 aromatic rings. The molecule has 2 heterocycles. The van der Waals surface area contributed by atoms with E-state index in [1.54, 1.807) is 35.2 Å². The third-order valence-corrected chi connectivity index (χ3v) is 7.13. The molecule has 1 aliphatic heterocycles. The lowest BCUT2D eigenvalue weighted by Gasteiger charge is -2.20. The minimum absolute atomic E-state index is 0.365. The largest absolute Gasteiger partial charge is 0.317 e. The van der Waals surface area contributed by atoms with Crippen LogP contribution in [0.4, 0.5) is 0 Å². The van der Waals surface area contributed by atoms with Gasteiger partial charge in [0, 0.05) is 28.2 Å². The van der Waals surface area contributed by atoms with Crippen molar-refractivity contribution in [2.24, 2.45) is 0 Å². The second-order valence-corrected chi connectivity index (χ2v) is 9.69. The molecule has 1 saturated heterocycles. The number of hydrogen-bond donors (Lipinski definition) is 1. The molecule has 124 valence electrons. The summed E-state index contributed by atoms with van der Waals surface area (Å²) in [6, 6.07) is 7.06. The van der Waals surface area contributed by atoms with Crippen LogP contribution in [0.3, 0.4) is 0 Å². The van der Waals surface area contributed by atoms with Gasteiger partial charge in [0.05, 0.1) is 15.6 Å². The minimum atomic E-state index is -3.12. The lowest BCUT2D eigenvalue weighted by Crippen LogP contribution is -2.26. The van der Waals surface area contributed by atoms with Crippen molar-refractivity contribution in [3.05, 3.63) is 40.3 Å². The number of nitrogens with one attached hydrogen (secondary N) is 1. The van der Waals surface area contributed by atoms with E-state index in [1.807, 2.05) is 12.1 Å². The Hall–Kier alpha value is -0.890. The van der Waals surface area contributed by atoms with Gasteiger partial charge < -0.3 is 5.32 Å². The Bertz CT molecular complexity index is 748. The first-order valence-corrected chi connectivity index (χ1v) is 11.4. The predicted octanol–water partition coefficient (Wildman–Crippen LogP) is 3.31. The molecule has 0 bridgehead atoms. The van der Waals surface area contributed by atoms with Crippen LogP contribution < -0.4 is 5.32 Å². The first-order chi connectivity index (χ1) is 11.0. The maximum absolute atomic E-state index is 11.5. The number of rotatable bonds is 5. The van der Waals surface area contributed by atoms with Crippen LogP contribution in [0, 0.1) is 0 Å². The van der Waals surface area contributed by atoms with Crippen molar-refractivity contribution in [1.29, 1.82) is 0 Å². The van der Waals surface area contributed by atoms with Crippen LogP contribution in [0.15, 0.2) is 39.4 Å². The summed E-state index contributed by atoms with van der Waals surface area (Å²) in [5, 5.41) is 6.79. The van der Waals surface area contributed by atoms with E-state index in [0.29, 0.717) is 10.8 Å². The molecule has 0 aliphatic carbocycles. The molecule has 1 aromatic carbocycles. The summed E-state index contributed by atoms with van der Waals surface area (Å²) in [5.41, 5.74) is 1.11. The Morgan fingerprint density at radius 3 is 2.61 bits per heavy atom. The van der Waals surface area contributed by atoms with Crippen LogP contribution >= 0.6 is 23.1 Å². The van der Waals surface area contributed by atoms with E-state index in [-0.39, 0.29) is 0 Å². The first-order valence-electron chi connectivity index (χ1n) is 7.60. The van der Waals surface area contributed by atoms with Gasteiger partial charge in [0.15, 0.2) is 9.84 Å². The van der Waals surface area contributed by atoms with E-state index in [2.05, 4.69) is 10.7 Å². The first kappa shape index (κ1) is 17.0. The molecular weight excluding hydrogens is 348 g/mol. The van der Waals surface area contributed by atoms with Gasteiger partial charge in [-0.1, -0.05) is 0 Å². The minimum Gasteiger partial charge on any atom is -0.317 e. The molecule has 0 saturated carbocycles. The molecule has 23 heavy (non-hydrogen) atoms. The van der Waals surface area contributed by atoms with Gasteiger partial charge in [-0.2, -0.15) is 0 Å². The third-order valence-electron chi connectivity index (χ3n) is 3.90. The smallest absolute Gasteiger partial charge is 0.175 e. The van der Waals surface area contributed by atoms with Gasteiger partial charge in [0.25, 0.3) is 0 Å². The number of hydrogen-bond acceptors (Lipinski definition) is 6. The summed E-state index contributed by atoms with van der Waals surface area (Å²) >= 11 is 3.46. The zero-order chi connectivity index (χ0) is 16.3. The number of nitrogens with zero attached hydrogens (tertiary/aromatic N) is 1. The van der Waals surface area contributed by atoms with Crippen LogP contribution in [0.2, 0.25) is 0 Å². The van der Waals surface area contributed by atoms with Crippen LogP contribution in [0.5, 0.6) is 0 Å². The number of benzene rings is 1. The summed E-state index contributed by atoms with van der Waals surface area (Å²) in [6.45, 7) is 2.17. The number of sulfone groups is 1. The summed E-state index contributed by atoms with van der Waals surface area (Å²) in [6.07, 6.45) is 3.58. The summed E-state index contributed by atoms with van der Waals surface area (Å²) < 4.78 is 22.9. The molecule has 0 spiro atoms. The number of thioether (sulfide) groups is 1. The zero-order valence-electron chi connectivity index (χ0n) is 13.0. The molecule has 3 rings (SSSR count). The van der Waals surface area contributed by atoms with Crippen molar-refractivity contribution in [2.75, 3.05) is 19.3 Å². The fourth-order valence-electron chi connectivity index (χ4n) is 2.59. The van der Waals surface area contributed by atoms with Gasteiger partial charge in [-0.15, -0.1) is 23.1 Å². The second-order valence-electron chi connectivity index (χ2n) is 5.73. The lowest BCUT2D eigenvalue weighted by molar-refractivity contribution is 0.459. The molecule has 0 unspecified atom stereocenters. The van der Waals surface area contributed by atoms with Crippen LogP contribution in [0.25, 0.3) is 0 Å². The molecule has 1 aromatic heterocycles. The quantitative estimate of drug-likeness (QED) is 0.821. The average Bonchev–Trinajstić information content (AvgIpc) is 3.02. The van der Waals surface area contributed by atoms with E-state index in [4.69, 9.17) is 4.98 Å². The highest BCUT2D eigenvalue weighted by atomic mass is 32.2. The van der Waals surface area contributed by atoms with E-state index in [9.17, 15) is 8.42 Å². The Morgan fingerprint density at radius 2 is 1.96 bits per heavy atom. The molecule has 4 nitrogen and oxygen atoms in total. The number of aromatic nitrogens is 1. The third kappa shape index (κ3) is 4.56. The van der Waals surface area contributed by atoms with Gasteiger partial charge in [-0.05, 0) is 50.2 Å². The lowest BCUT2D eigenvalue weighted by atomic mass is 9.99. The summed E-state index contributed by atoms with van der Waals surface area (Å²) in [7, 11) is -3.12. The molecule has 0 amide bonds. The van der Waals surface area contributed by atoms with Crippen molar-refractivity contribution in [3.63, 3.8) is 0 Å². The molecule has 1 N–H and O–H groups in total. The fraction of sp³-hybridized carbons (Fsp3) is 0.438. The standard InChI is InChI=1S/C16H20N2O2S3/c1-23(19,20)15-4-2-14(3-5-15)21-10-13-11-22-16(18-13)12-6-8-17-9-7-12/h2-5,11-12,17H,6-10H2,1H3. The van der Waals surface area contributed by atoms with Gasteiger partial charge in [0.1, 0.15) is 0 Å². The maximum Gasteiger partial charge on any atom is 0.175 e. The predicted molar refractivity (Wildman–Crippen MR) is 96.1 cm³/mol. The van der Waals surface area contributed by atoms with Crippen LogP contribution in [-0.2, 0) is 15.6 Å². The fourth-order valence-corrected chi connectivity index (χ4v) is 5.10. The van der Waals surface area contributed by atoms with E-state index in [1.165, 1.54) is 24.1 Å². The van der Waals surface area contributed by atoms with Gasteiger partial charge in [0.2, 0.25) is 0 Å². The van der Waals surface area contributed by atoms with Crippen LogP contribution in [-0.4, -0.2) is 32.7 Å². The monoisotopic (exact) mass is 368 g/mol. The van der Waals surface area contributed by atoms with Crippen molar-refractivity contribution in [3.8, 4) is 0 Å². The van der Waals surface area contributed by atoms with Crippen LogP contribution in [0.1, 0.15) is 29.5 Å². The zero-order valence-corrected chi connectivity index (χ0v) is 15.4. The highest BCUT2D eigenvalue weighted by Crippen LogP contribution is 2.30. The van der Waals surface area contributed by atoms with Crippen molar-refractivity contribution in [2.45, 2.75) is 34.3 Å². The van der Waals surface area contributed by atoms with E-state index < -0.39 is 9.84 Å². The molecule has 7 heteroatoms. The topological polar surface area (TPSA) is 59.1 Å². The molecule has 1 aliphatic rings. The van der Waals surface area contributed by atoms with Crippen molar-refractivity contribution in [1.82, 2.24) is 10.3 Å². The number of thiazole rings is 1. The van der Waals surface area contributed by atoms with Gasteiger partial charge >= 0.3 is 0 Å².